The molecular formula is C29H18N2O. The molecule has 7 aromatic rings. The number of anilines is 2. The Hall–Kier alpha value is -4.37. The number of rotatable bonds is 2. The minimum Gasteiger partial charge on any atom is -0.456 e. The molecule has 0 unspecified atom stereocenters. The van der Waals surface area contributed by atoms with Crippen LogP contribution in [0.4, 0.5) is 11.4 Å². The molecule has 7 rings (SSSR count). The standard InChI is InChI=1S/C29H18N2O/c1-2-7-22-20(5-1)21-6-3-4-8-23(21)26-15-18(9-11-24(22)26)31-19-10-12-25-27-17-30-14-13-28(27)32-29(25)16-19/h1-17,31H. The highest BCUT2D eigenvalue weighted by atomic mass is 16.3. The molecule has 2 heterocycles. The topological polar surface area (TPSA) is 38.1 Å². The quantitative estimate of drug-likeness (QED) is 0.292. The molecule has 0 aliphatic rings. The molecule has 0 bridgehead atoms. The van der Waals surface area contributed by atoms with Gasteiger partial charge in [0.05, 0.1) is 0 Å². The van der Waals surface area contributed by atoms with Crippen LogP contribution in [0.1, 0.15) is 0 Å². The maximum Gasteiger partial charge on any atom is 0.138 e. The van der Waals surface area contributed by atoms with Crippen LogP contribution < -0.4 is 5.32 Å². The Morgan fingerprint density at radius 3 is 1.81 bits per heavy atom. The van der Waals surface area contributed by atoms with Crippen LogP contribution in [0.5, 0.6) is 0 Å². The number of hydrogen-bond acceptors (Lipinski definition) is 3. The minimum atomic E-state index is 0.857. The first-order chi connectivity index (χ1) is 15.8. The van der Waals surface area contributed by atoms with Crippen LogP contribution in [-0.4, -0.2) is 4.98 Å². The first-order valence-corrected chi connectivity index (χ1v) is 10.7. The number of fused-ring (bicyclic) bond motifs is 9. The maximum absolute atomic E-state index is 6.03. The summed E-state index contributed by atoms with van der Waals surface area (Å²) in [5.41, 5.74) is 3.76. The van der Waals surface area contributed by atoms with Crippen molar-refractivity contribution in [1.82, 2.24) is 4.98 Å². The number of nitrogens with one attached hydrogen (secondary N) is 1. The second-order valence-corrected chi connectivity index (χ2v) is 8.16. The van der Waals surface area contributed by atoms with Gasteiger partial charge in [0.2, 0.25) is 0 Å². The molecule has 0 aliphatic carbocycles. The summed E-state index contributed by atoms with van der Waals surface area (Å²) < 4.78 is 6.03. The Kier molecular flexibility index (Phi) is 3.55. The molecular weight excluding hydrogens is 392 g/mol. The maximum atomic E-state index is 6.03. The van der Waals surface area contributed by atoms with Crippen LogP contribution in [0.3, 0.4) is 0 Å². The third-order valence-corrected chi connectivity index (χ3v) is 6.31. The summed E-state index contributed by atoms with van der Waals surface area (Å²) in [4.78, 5) is 4.23. The van der Waals surface area contributed by atoms with E-state index < -0.39 is 0 Å². The lowest BCUT2D eigenvalue weighted by molar-refractivity contribution is 0.668. The van der Waals surface area contributed by atoms with Gasteiger partial charge in [-0.15, -0.1) is 0 Å². The van der Waals surface area contributed by atoms with Crippen LogP contribution in [0.2, 0.25) is 0 Å². The van der Waals surface area contributed by atoms with Gasteiger partial charge in [-0.2, -0.15) is 0 Å². The zero-order valence-electron chi connectivity index (χ0n) is 17.2. The van der Waals surface area contributed by atoms with Crippen LogP contribution >= 0.6 is 0 Å². The van der Waals surface area contributed by atoms with Gasteiger partial charge >= 0.3 is 0 Å². The van der Waals surface area contributed by atoms with E-state index in [-0.39, 0.29) is 0 Å². The average Bonchev–Trinajstić information content (AvgIpc) is 3.22. The summed E-state index contributed by atoms with van der Waals surface area (Å²) in [6, 6.07) is 32.0. The summed E-state index contributed by atoms with van der Waals surface area (Å²) in [7, 11) is 0. The summed E-state index contributed by atoms with van der Waals surface area (Å²) in [6.07, 6.45) is 3.61. The Bertz CT molecular complexity index is 1780. The number of hydrogen-bond donors (Lipinski definition) is 1. The van der Waals surface area contributed by atoms with Crippen LogP contribution in [-0.2, 0) is 0 Å². The van der Waals surface area contributed by atoms with Crippen molar-refractivity contribution >= 4 is 65.6 Å². The van der Waals surface area contributed by atoms with Crippen molar-refractivity contribution in [2.24, 2.45) is 0 Å². The Balaban J connectivity index is 1.39. The predicted molar refractivity (Wildman–Crippen MR) is 134 cm³/mol. The molecule has 0 radical (unpaired) electrons. The molecule has 3 nitrogen and oxygen atoms in total. The van der Waals surface area contributed by atoms with Gasteiger partial charge in [0.15, 0.2) is 0 Å². The fraction of sp³-hybridized carbons (Fsp3) is 0. The molecule has 0 spiro atoms. The predicted octanol–water partition coefficient (Wildman–Crippen LogP) is 8.18. The molecule has 2 aromatic heterocycles. The van der Waals surface area contributed by atoms with Gasteiger partial charge in [-0.1, -0.05) is 54.6 Å². The fourth-order valence-corrected chi connectivity index (χ4v) is 4.85. The lowest BCUT2D eigenvalue weighted by atomic mass is 9.94. The number of aromatic nitrogens is 1. The highest BCUT2D eigenvalue weighted by Crippen LogP contribution is 2.37. The van der Waals surface area contributed by atoms with Gasteiger partial charge in [-0.25, -0.2) is 0 Å². The normalized spacial score (nSPS) is 11.8. The molecule has 0 saturated heterocycles. The van der Waals surface area contributed by atoms with E-state index in [2.05, 4.69) is 95.2 Å². The van der Waals surface area contributed by atoms with E-state index in [9.17, 15) is 0 Å². The minimum absolute atomic E-state index is 0.857. The number of benzene rings is 5. The van der Waals surface area contributed by atoms with E-state index >= 15 is 0 Å². The zero-order valence-corrected chi connectivity index (χ0v) is 17.2. The van der Waals surface area contributed by atoms with Crippen molar-refractivity contribution in [3.8, 4) is 0 Å². The van der Waals surface area contributed by atoms with Crippen molar-refractivity contribution < 1.29 is 4.42 Å². The van der Waals surface area contributed by atoms with Crippen molar-refractivity contribution in [2.45, 2.75) is 0 Å². The Morgan fingerprint density at radius 2 is 1.09 bits per heavy atom. The summed E-state index contributed by atoms with van der Waals surface area (Å²) in [5.74, 6) is 0. The first-order valence-electron chi connectivity index (χ1n) is 10.7. The third kappa shape index (κ3) is 2.51. The summed E-state index contributed by atoms with van der Waals surface area (Å²) in [6.45, 7) is 0. The number of nitrogens with zero attached hydrogens (tertiary/aromatic N) is 1. The molecule has 1 N–H and O–H groups in total. The molecule has 0 aliphatic heterocycles. The highest BCUT2D eigenvalue weighted by molar-refractivity contribution is 6.25. The van der Waals surface area contributed by atoms with Gasteiger partial charge in [-0.05, 0) is 62.6 Å². The van der Waals surface area contributed by atoms with E-state index in [1.165, 1.54) is 32.3 Å². The van der Waals surface area contributed by atoms with Crippen LogP contribution in [0, 0.1) is 0 Å². The van der Waals surface area contributed by atoms with Crippen molar-refractivity contribution in [3.05, 3.63) is 103 Å². The number of furan rings is 1. The van der Waals surface area contributed by atoms with Crippen molar-refractivity contribution in [3.63, 3.8) is 0 Å². The van der Waals surface area contributed by atoms with E-state index in [1.807, 2.05) is 12.3 Å². The molecule has 0 atom stereocenters. The second kappa shape index (κ2) is 6.56. The van der Waals surface area contributed by atoms with Gasteiger partial charge < -0.3 is 9.73 Å². The zero-order chi connectivity index (χ0) is 21.1. The summed E-state index contributed by atoms with van der Waals surface area (Å²) in [5, 5.41) is 13.3. The SMILES string of the molecule is c1ccc2c(c1)c1ccccc1c1cc(Nc3ccc4c(c3)oc3ccncc34)ccc21. The Labute approximate surface area is 183 Å². The Morgan fingerprint density at radius 1 is 0.500 bits per heavy atom. The average molecular weight is 410 g/mol. The molecule has 5 aromatic carbocycles. The molecule has 3 heteroatoms. The van der Waals surface area contributed by atoms with Gasteiger partial charge in [0.1, 0.15) is 11.2 Å². The lowest BCUT2D eigenvalue weighted by Gasteiger charge is -2.13. The molecule has 150 valence electrons. The van der Waals surface area contributed by atoms with Crippen LogP contribution in [0.25, 0.3) is 54.3 Å². The van der Waals surface area contributed by atoms with Gasteiger partial charge in [-0.3, -0.25) is 4.98 Å². The largest absolute Gasteiger partial charge is 0.456 e. The summed E-state index contributed by atoms with van der Waals surface area (Å²) >= 11 is 0. The van der Waals surface area contributed by atoms with Crippen LogP contribution in [0.15, 0.2) is 108 Å². The van der Waals surface area contributed by atoms with Gasteiger partial charge in [0.25, 0.3) is 0 Å². The fourth-order valence-electron chi connectivity index (χ4n) is 4.85. The van der Waals surface area contributed by atoms with E-state index in [4.69, 9.17) is 4.42 Å². The second-order valence-electron chi connectivity index (χ2n) is 8.16. The lowest BCUT2D eigenvalue weighted by Crippen LogP contribution is -1.91. The highest BCUT2D eigenvalue weighted by Gasteiger charge is 2.10. The van der Waals surface area contributed by atoms with Gasteiger partial charge in [0, 0.05) is 40.6 Å². The monoisotopic (exact) mass is 410 g/mol. The molecule has 0 fully saturated rings. The van der Waals surface area contributed by atoms with Crippen molar-refractivity contribution in [1.29, 1.82) is 0 Å². The number of pyridine rings is 1. The third-order valence-electron chi connectivity index (χ3n) is 6.31. The van der Waals surface area contributed by atoms with E-state index in [1.54, 1.807) is 6.20 Å². The van der Waals surface area contributed by atoms with Crippen molar-refractivity contribution in [2.75, 3.05) is 5.32 Å². The molecule has 32 heavy (non-hydrogen) atoms. The first kappa shape index (κ1) is 17.3. The molecule has 0 saturated carbocycles. The van der Waals surface area contributed by atoms with E-state index in [0.717, 1.165) is 33.3 Å². The molecule has 0 amide bonds. The smallest absolute Gasteiger partial charge is 0.138 e. The van der Waals surface area contributed by atoms with E-state index in [0.29, 0.717) is 0 Å².